The number of nitrogens with zero attached hydrogens (tertiary/aromatic N) is 2. The number of aliphatic hydroxyl groups is 1. The minimum Gasteiger partial charge on any atom is -0.396 e. The van der Waals surface area contributed by atoms with Crippen LogP contribution in [0.4, 0.5) is 0 Å². The summed E-state index contributed by atoms with van der Waals surface area (Å²) >= 11 is 0. The van der Waals surface area contributed by atoms with Gasteiger partial charge in [0.2, 0.25) is 0 Å². The summed E-state index contributed by atoms with van der Waals surface area (Å²) in [6.07, 6.45) is 3.98. The maximum atomic E-state index is 11.5. The van der Waals surface area contributed by atoms with E-state index in [-0.39, 0.29) is 5.56 Å². The van der Waals surface area contributed by atoms with Crippen molar-refractivity contribution < 1.29 is 5.11 Å². The molecule has 0 bridgehead atoms. The summed E-state index contributed by atoms with van der Waals surface area (Å²) in [6.45, 7) is 4.05. The molecule has 2 rings (SSSR count). The third-order valence-electron chi connectivity index (χ3n) is 3.52. The van der Waals surface area contributed by atoms with Crippen LogP contribution in [-0.2, 0) is 6.54 Å². The van der Waals surface area contributed by atoms with E-state index in [0.717, 1.165) is 39.0 Å². The first-order valence-corrected chi connectivity index (χ1v) is 6.28. The lowest BCUT2D eigenvalue weighted by atomic mass is 9.98. The molecule has 4 heteroatoms. The number of likely N-dealkylation sites (tertiary alicyclic amines) is 1. The van der Waals surface area contributed by atoms with Crippen molar-refractivity contribution in [3.05, 3.63) is 34.7 Å². The highest BCUT2D eigenvalue weighted by Gasteiger charge is 2.17. The van der Waals surface area contributed by atoms with Gasteiger partial charge in [0.25, 0.3) is 5.56 Å². The van der Waals surface area contributed by atoms with E-state index in [1.807, 2.05) is 12.3 Å². The molecule has 1 saturated heterocycles. The topological polar surface area (TPSA) is 45.5 Å². The molecule has 0 aromatic carbocycles. The number of piperidine rings is 1. The van der Waals surface area contributed by atoms with Gasteiger partial charge in [-0.05, 0) is 37.9 Å². The second kappa shape index (κ2) is 5.98. The van der Waals surface area contributed by atoms with Crippen LogP contribution in [-0.4, -0.2) is 40.8 Å². The third-order valence-corrected chi connectivity index (χ3v) is 3.52. The summed E-state index contributed by atoms with van der Waals surface area (Å²) in [4.78, 5) is 13.9. The van der Waals surface area contributed by atoms with Gasteiger partial charge in [-0.1, -0.05) is 6.07 Å². The second-order valence-corrected chi connectivity index (χ2v) is 4.70. The molecule has 1 aliphatic rings. The fraction of sp³-hybridized carbons (Fsp3) is 0.615. The van der Waals surface area contributed by atoms with Crippen LogP contribution in [0, 0.1) is 5.92 Å². The molecule has 1 fully saturated rings. The van der Waals surface area contributed by atoms with Crippen molar-refractivity contribution in [1.82, 2.24) is 9.47 Å². The summed E-state index contributed by atoms with van der Waals surface area (Å²) in [5, 5.41) is 9.06. The van der Waals surface area contributed by atoms with Crippen molar-refractivity contribution in [2.24, 2.45) is 5.92 Å². The van der Waals surface area contributed by atoms with Crippen LogP contribution in [0.3, 0.4) is 0 Å². The van der Waals surface area contributed by atoms with Crippen LogP contribution in [0.25, 0.3) is 0 Å². The van der Waals surface area contributed by atoms with Gasteiger partial charge in [0.1, 0.15) is 0 Å². The molecule has 4 nitrogen and oxygen atoms in total. The Labute approximate surface area is 101 Å². The quantitative estimate of drug-likeness (QED) is 0.830. The van der Waals surface area contributed by atoms with Crippen LogP contribution < -0.4 is 5.56 Å². The summed E-state index contributed by atoms with van der Waals surface area (Å²) in [5.74, 6) is 0.477. The van der Waals surface area contributed by atoms with Crippen LogP contribution >= 0.6 is 0 Å². The Morgan fingerprint density at radius 1 is 1.24 bits per heavy atom. The molecule has 1 aromatic heterocycles. The molecule has 0 amide bonds. The Morgan fingerprint density at radius 2 is 2.00 bits per heavy atom. The van der Waals surface area contributed by atoms with E-state index in [2.05, 4.69) is 4.90 Å². The summed E-state index contributed by atoms with van der Waals surface area (Å²) < 4.78 is 1.75. The van der Waals surface area contributed by atoms with Gasteiger partial charge < -0.3 is 14.6 Å². The minimum absolute atomic E-state index is 0.0674. The lowest BCUT2D eigenvalue weighted by Crippen LogP contribution is -2.37. The van der Waals surface area contributed by atoms with E-state index in [1.165, 1.54) is 0 Å². The number of aliphatic hydroxyl groups excluding tert-OH is 1. The van der Waals surface area contributed by atoms with Gasteiger partial charge in [-0.25, -0.2) is 0 Å². The normalized spacial score (nSPS) is 18.4. The Kier molecular flexibility index (Phi) is 4.34. The third kappa shape index (κ3) is 3.41. The molecule has 0 aliphatic carbocycles. The van der Waals surface area contributed by atoms with Gasteiger partial charge in [0.05, 0.1) is 0 Å². The van der Waals surface area contributed by atoms with E-state index in [1.54, 1.807) is 16.7 Å². The summed E-state index contributed by atoms with van der Waals surface area (Å²) in [7, 11) is 0. The Bertz CT molecular complexity index is 394. The zero-order valence-electron chi connectivity index (χ0n) is 10.1. The smallest absolute Gasteiger partial charge is 0.250 e. The lowest BCUT2D eigenvalue weighted by Gasteiger charge is -2.31. The molecule has 17 heavy (non-hydrogen) atoms. The maximum absolute atomic E-state index is 11.5. The fourth-order valence-electron chi connectivity index (χ4n) is 2.29. The van der Waals surface area contributed by atoms with Crippen LogP contribution in [0.15, 0.2) is 29.2 Å². The number of hydrogen-bond donors (Lipinski definition) is 1. The van der Waals surface area contributed by atoms with Crippen LogP contribution in [0.2, 0.25) is 0 Å². The van der Waals surface area contributed by atoms with Crippen molar-refractivity contribution in [2.75, 3.05) is 26.2 Å². The lowest BCUT2D eigenvalue weighted by molar-refractivity contribution is 0.129. The first-order chi connectivity index (χ1) is 8.29. The van der Waals surface area contributed by atoms with E-state index in [0.29, 0.717) is 12.5 Å². The highest BCUT2D eigenvalue weighted by atomic mass is 16.3. The van der Waals surface area contributed by atoms with Gasteiger partial charge >= 0.3 is 0 Å². The average Bonchev–Trinajstić information content (AvgIpc) is 2.38. The highest BCUT2D eigenvalue weighted by Crippen LogP contribution is 2.15. The van der Waals surface area contributed by atoms with Crippen molar-refractivity contribution in [2.45, 2.75) is 19.4 Å². The zero-order valence-corrected chi connectivity index (χ0v) is 10.1. The van der Waals surface area contributed by atoms with Crippen molar-refractivity contribution in [1.29, 1.82) is 0 Å². The van der Waals surface area contributed by atoms with Crippen molar-refractivity contribution in [3.63, 3.8) is 0 Å². The number of hydrogen-bond acceptors (Lipinski definition) is 3. The standard InChI is InChI=1S/C13H20N2O2/c16-11-12-4-7-14(8-5-12)9-10-15-6-2-1-3-13(15)17/h1-3,6,12,16H,4-5,7-11H2. The Balaban J connectivity index is 1.80. The number of pyridine rings is 1. The number of rotatable bonds is 4. The molecular weight excluding hydrogens is 216 g/mol. The molecule has 1 N–H and O–H groups in total. The molecule has 94 valence electrons. The fourth-order valence-corrected chi connectivity index (χ4v) is 2.29. The van der Waals surface area contributed by atoms with Crippen LogP contribution in [0.1, 0.15) is 12.8 Å². The van der Waals surface area contributed by atoms with Gasteiger partial charge in [0, 0.05) is 32.0 Å². The van der Waals surface area contributed by atoms with Crippen LogP contribution in [0.5, 0.6) is 0 Å². The first kappa shape index (κ1) is 12.3. The monoisotopic (exact) mass is 236 g/mol. The molecule has 0 spiro atoms. The molecular formula is C13H20N2O2. The minimum atomic E-state index is 0.0674. The van der Waals surface area contributed by atoms with E-state index in [9.17, 15) is 4.79 Å². The van der Waals surface area contributed by atoms with Crippen molar-refractivity contribution >= 4 is 0 Å². The number of aromatic nitrogens is 1. The Hall–Kier alpha value is -1.13. The molecule has 0 radical (unpaired) electrons. The Morgan fingerprint density at radius 3 is 2.65 bits per heavy atom. The predicted octanol–water partition coefficient (Wildman–Crippen LogP) is 0.553. The molecule has 1 aromatic rings. The maximum Gasteiger partial charge on any atom is 0.250 e. The van der Waals surface area contributed by atoms with E-state index in [4.69, 9.17) is 5.11 Å². The molecule has 0 atom stereocenters. The first-order valence-electron chi connectivity index (χ1n) is 6.28. The molecule has 1 aliphatic heterocycles. The van der Waals surface area contributed by atoms with E-state index < -0.39 is 0 Å². The largest absolute Gasteiger partial charge is 0.396 e. The summed E-state index contributed by atoms with van der Waals surface area (Å²) in [5.41, 5.74) is 0.0674. The molecule has 2 heterocycles. The SMILES string of the molecule is O=c1ccccn1CCN1CCC(CO)CC1. The van der Waals surface area contributed by atoms with Gasteiger partial charge in [-0.2, -0.15) is 0 Å². The summed E-state index contributed by atoms with van der Waals surface area (Å²) in [6, 6.07) is 5.25. The highest BCUT2D eigenvalue weighted by molar-refractivity contribution is 4.93. The molecule has 0 saturated carbocycles. The molecule has 0 unspecified atom stereocenters. The van der Waals surface area contributed by atoms with Gasteiger partial charge in [0.15, 0.2) is 0 Å². The average molecular weight is 236 g/mol. The van der Waals surface area contributed by atoms with Crippen molar-refractivity contribution in [3.8, 4) is 0 Å². The van der Waals surface area contributed by atoms with Gasteiger partial charge in [-0.15, -0.1) is 0 Å². The predicted molar refractivity (Wildman–Crippen MR) is 67.0 cm³/mol. The zero-order chi connectivity index (χ0) is 12.1. The van der Waals surface area contributed by atoms with E-state index >= 15 is 0 Å². The second-order valence-electron chi connectivity index (χ2n) is 4.70. The van der Waals surface area contributed by atoms with Gasteiger partial charge in [-0.3, -0.25) is 4.79 Å².